The third-order valence-corrected chi connectivity index (χ3v) is 5.44. The van der Waals surface area contributed by atoms with E-state index in [2.05, 4.69) is 16.7 Å². The molecule has 0 radical (unpaired) electrons. The van der Waals surface area contributed by atoms with Crippen molar-refractivity contribution in [2.24, 2.45) is 11.3 Å². The second-order valence-electron chi connectivity index (χ2n) is 7.14. The van der Waals surface area contributed by atoms with Gasteiger partial charge in [-0.25, -0.2) is 0 Å². The van der Waals surface area contributed by atoms with Crippen molar-refractivity contribution in [2.75, 3.05) is 39.8 Å². The molecule has 2 aliphatic heterocycles. The lowest BCUT2D eigenvalue weighted by Gasteiger charge is -2.24. The number of hydrogen-bond acceptors (Lipinski definition) is 4. The number of aliphatic carboxylic acids is 1. The standard InChI is InChI=1S/C18H25ClN2O3/c1-3-6-24-16-5-4-13(7-15(16)19)8-21-10-14-9-20(2)11-18(14,12-21)17(22)23/h4-5,7,14H,3,6,8-12H2,1-2H3,(H,22,23)/t14-,18-/m0/s1. The molecule has 0 bridgehead atoms. The van der Waals surface area contributed by atoms with Gasteiger partial charge in [-0.15, -0.1) is 0 Å². The van der Waals surface area contributed by atoms with Crippen LogP contribution in [-0.2, 0) is 11.3 Å². The van der Waals surface area contributed by atoms with Crippen molar-refractivity contribution in [1.82, 2.24) is 9.80 Å². The Morgan fingerprint density at radius 2 is 2.21 bits per heavy atom. The second kappa shape index (κ2) is 6.90. The maximum absolute atomic E-state index is 11.9. The first kappa shape index (κ1) is 17.5. The summed E-state index contributed by atoms with van der Waals surface area (Å²) in [5, 5.41) is 10.4. The molecule has 6 heteroatoms. The summed E-state index contributed by atoms with van der Waals surface area (Å²) < 4.78 is 5.60. The van der Waals surface area contributed by atoms with E-state index in [1.807, 2.05) is 25.2 Å². The summed E-state index contributed by atoms with van der Waals surface area (Å²) in [6.07, 6.45) is 0.943. The summed E-state index contributed by atoms with van der Waals surface area (Å²) in [6.45, 7) is 6.35. The van der Waals surface area contributed by atoms with E-state index in [1.165, 1.54) is 0 Å². The first-order valence-electron chi connectivity index (χ1n) is 8.50. The van der Waals surface area contributed by atoms with Gasteiger partial charge in [-0.2, -0.15) is 0 Å². The molecule has 2 heterocycles. The first-order chi connectivity index (χ1) is 11.4. The Morgan fingerprint density at radius 1 is 1.42 bits per heavy atom. The zero-order valence-electron chi connectivity index (χ0n) is 14.3. The van der Waals surface area contributed by atoms with Crippen molar-refractivity contribution < 1.29 is 14.6 Å². The largest absolute Gasteiger partial charge is 0.492 e. The fourth-order valence-electron chi connectivity index (χ4n) is 4.07. The zero-order valence-corrected chi connectivity index (χ0v) is 15.1. The highest BCUT2D eigenvalue weighted by Gasteiger charge is 2.56. The Morgan fingerprint density at radius 3 is 2.83 bits per heavy atom. The van der Waals surface area contributed by atoms with E-state index in [9.17, 15) is 9.90 Å². The molecular formula is C18H25ClN2O3. The number of benzene rings is 1. The van der Waals surface area contributed by atoms with E-state index in [-0.39, 0.29) is 5.92 Å². The second-order valence-corrected chi connectivity index (χ2v) is 7.55. The van der Waals surface area contributed by atoms with Crippen molar-refractivity contribution in [3.05, 3.63) is 28.8 Å². The third-order valence-electron chi connectivity index (χ3n) is 5.14. The predicted molar refractivity (Wildman–Crippen MR) is 93.6 cm³/mol. The number of hydrogen-bond donors (Lipinski definition) is 1. The Labute approximate surface area is 148 Å². The van der Waals surface area contributed by atoms with Crippen molar-refractivity contribution in [3.63, 3.8) is 0 Å². The lowest BCUT2D eigenvalue weighted by Crippen LogP contribution is -2.40. The molecule has 132 valence electrons. The average molecular weight is 353 g/mol. The van der Waals surface area contributed by atoms with Gasteiger partial charge in [-0.05, 0) is 31.2 Å². The van der Waals surface area contributed by atoms with E-state index >= 15 is 0 Å². The summed E-state index contributed by atoms with van der Waals surface area (Å²) in [4.78, 5) is 16.2. The van der Waals surface area contributed by atoms with Crippen LogP contribution >= 0.6 is 11.6 Å². The molecule has 1 aromatic rings. The first-order valence-corrected chi connectivity index (χ1v) is 8.88. The van der Waals surface area contributed by atoms with Crippen LogP contribution in [0.25, 0.3) is 0 Å². The molecule has 24 heavy (non-hydrogen) atoms. The average Bonchev–Trinajstić information content (AvgIpc) is 2.99. The number of rotatable bonds is 6. The molecule has 2 aliphatic rings. The molecule has 1 aromatic carbocycles. The molecule has 2 fully saturated rings. The van der Waals surface area contributed by atoms with Gasteiger partial charge < -0.3 is 14.7 Å². The van der Waals surface area contributed by atoms with Crippen LogP contribution in [0.1, 0.15) is 18.9 Å². The summed E-state index contributed by atoms with van der Waals surface area (Å²) in [6, 6.07) is 5.86. The van der Waals surface area contributed by atoms with Crippen molar-refractivity contribution in [1.29, 1.82) is 0 Å². The van der Waals surface area contributed by atoms with Crippen molar-refractivity contribution >= 4 is 17.6 Å². The summed E-state index contributed by atoms with van der Waals surface area (Å²) in [5.41, 5.74) is 0.473. The minimum Gasteiger partial charge on any atom is -0.492 e. The topological polar surface area (TPSA) is 53.0 Å². The van der Waals surface area contributed by atoms with E-state index in [0.29, 0.717) is 30.5 Å². The Balaban J connectivity index is 1.68. The number of ether oxygens (including phenoxy) is 1. The fraction of sp³-hybridized carbons (Fsp3) is 0.611. The van der Waals surface area contributed by atoms with Gasteiger partial charge >= 0.3 is 5.97 Å². The number of likely N-dealkylation sites (tertiary alicyclic amines) is 2. The number of halogens is 1. The maximum atomic E-state index is 11.9. The van der Waals surface area contributed by atoms with Crippen LogP contribution in [0, 0.1) is 11.3 Å². The van der Waals surface area contributed by atoms with Crippen LogP contribution < -0.4 is 4.74 Å². The van der Waals surface area contributed by atoms with Crippen LogP contribution in [0.4, 0.5) is 0 Å². The number of carboxylic acid groups (broad SMARTS) is 1. The Hall–Kier alpha value is -1.30. The maximum Gasteiger partial charge on any atom is 0.312 e. The van der Waals surface area contributed by atoms with Gasteiger partial charge in [0.2, 0.25) is 0 Å². The summed E-state index contributed by atoms with van der Waals surface area (Å²) in [5.74, 6) is 0.243. The molecule has 0 unspecified atom stereocenters. The van der Waals surface area contributed by atoms with Crippen LogP contribution in [-0.4, -0.2) is 60.7 Å². The fourth-order valence-corrected chi connectivity index (χ4v) is 4.33. The zero-order chi connectivity index (χ0) is 17.3. The van der Waals surface area contributed by atoms with Crippen LogP contribution in [0.3, 0.4) is 0 Å². The van der Waals surface area contributed by atoms with Gasteiger partial charge in [-0.3, -0.25) is 9.69 Å². The lowest BCUT2D eigenvalue weighted by molar-refractivity contribution is -0.148. The lowest BCUT2D eigenvalue weighted by atomic mass is 9.81. The molecule has 0 saturated carbocycles. The van der Waals surface area contributed by atoms with Crippen LogP contribution in [0.2, 0.25) is 5.02 Å². The molecule has 0 aromatic heterocycles. The minimum atomic E-state index is -0.666. The van der Waals surface area contributed by atoms with E-state index in [4.69, 9.17) is 16.3 Å². The third kappa shape index (κ3) is 3.25. The van der Waals surface area contributed by atoms with Gasteiger partial charge in [0, 0.05) is 38.6 Å². The normalized spacial score (nSPS) is 27.4. The van der Waals surface area contributed by atoms with Gasteiger partial charge in [-0.1, -0.05) is 24.6 Å². The highest BCUT2D eigenvalue weighted by molar-refractivity contribution is 6.32. The molecule has 0 aliphatic carbocycles. The van der Waals surface area contributed by atoms with Gasteiger partial charge in [0.05, 0.1) is 17.0 Å². The number of nitrogens with zero attached hydrogens (tertiary/aromatic N) is 2. The van der Waals surface area contributed by atoms with Crippen LogP contribution in [0.15, 0.2) is 18.2 Å². The molecule has 2 saturated heterocycles. The molecule has 2 atom stereocenters. The van der Waals surface area contributed by atoms with Crippen LogP contribution in [0.5, 0.6) is 5.75 Å². The summed E-state index contributed by atoms with van der Waals surface area (Å²) >= 11 is 6.30. The summed E-state index contributed by atoms with van der Waals surface area (Å²) in [7, 11) is 2.00. The Kier molecular flexibility index (Phi) is 5.04. The van der Waals surface area contributed by atoms with E-state index < -0.39 is 11.4 Å². The predicted octanol–water partition coefficient (Wildman–Crippen LogP) is 2.58. The number of carboxylic acids is 1. The van der Waals surface area contributed by atoms with Crippen molar-refractivity contribution in [3.8, 4) is 5.75 Å². The number of fused-ring (bicyclic) bond motifs is 1. The van der Waals surface area contributed by atoms with E-state index in [1.54, 1.807) is 0 Å². The minimum absolute atomic E-state index is 0.197. The van der Waals surface area contributed by atoms with Crippen molar-refractivity contribution in [2.45, 2.75) is 19.9 Å². The van der Waals surface area contributed by atoms with Gasteiger partial charge in [0.1, 0.15) is 5.75 Å². The van der Waals surface area contributed by atoms with E-state index in [0.717, 1.165) is 31.6 Å². The monoisotopic (exact) mass is 352 g/mol. The Bertz CT molecular complexity index is 624. The molecule has 0 amide bonds. The highest BCUT2D eigenvalue weighted by Crippen LogP contribution is 2.42. The quantitative estimate of drug-likeness (QED) is 0.852. The van der Waals surface area contributed by atoms with Gasteiger partial charge in [0.25, 0.3) is 0 Å². The molecule has 1 N–H and O–H groups in total. The molecule has 3 rings (SSSR count). The van der Waals surface area contributed by atoms with Gasteiger partial charge in [0.15, 0.2) is 0 Å². The SMILES string of the molecule is CCCOc1ccc(CN2C[C@@H]3CN(C)C[C@]3(C(=O)O)C2)cc1Cl. The molecular weight excluding hydrogens is 328 g/mol. The molecule has 0 spiro atoms. The highest BCUT2D eigenvalue weighted by atomic mass is 35.5. The smallest absolute Gasteiger partial charge is 0.312 e. The molecule has 5 nitrogen and oxygen atoms in total. The number of carbonyl (C=O) groups is 1.